The van der Waals surface area contributed by atoms with Gasteiger partial charge in [0.2, 0.25) is 0 Å². The highest BCUT2D eigenvalue weighted by Gasteiger charge is 2.35. The minimum Gasteiger partial charge on any atom is -0.444 e. The molecule has 0 aromatic rings. The zero-order valence-electron chi connectivity index (χ0n) is 10.4. The zero-order chi connectivity index (χ0) is 11.7. The lowest BCUT2D eigenvalue weighted by Gasteiger charge is -2.43. The lowest BCUT2D eigenvalue weighted by atomic mass is 10.2. The Kier molecular flexibility index (Phi) is 3.45. The van der Waals surface area contributed by atoms with Crippen molar-refractivity contribution in [3.05, 3.63) is 0 Å². The standard InChI is InChI=1S/C10H22N2O2Si/c1-9(2,3)14-8(13)12-6-5-11-7-10(12,4)15/h11H,5-7H2,1-4,15H3/t10-/m0/s1. The summed E-state index contributed by atoms with van der Waals surface area (Å²) in [5, 5.41) is 3.28. The van der Waals surface area contributed by atoms with E-state index in [9.17, 15) is 4.79 Å². The molecule has 1 heterocycles. The summed E-state index contributed by atoms with van der Waals surface area (Å²) in [6.45, 7) is 10.3. The molecule has 1 aliphatic heterocycles. The minimum atomic E-state index is -0.403. The molecule has 0 aliphatic carbocycles. The van der Waals surface area contributed by atoms with E-state index in [0.29, 0.717) is 0 Å². The second-order valence-corrected chi connectivity index (χ2v) is 7.78. The van der Waals surface area contributed by atoms with Crippen molar-refractivity contribution >= 4 is 16.3 Å². The molecule has 1 atom stereocenters. The van der Waals surface area contributed by atoms with Crippen LogP contribution in [-0.2, 0) is 4.74 Å². The van der Waals surface area contributed by atoms with Gasteiger partial charge in [0.15, 0.2) is 0 Å². The Morgan fingerprint density at radius 1 is 1.53 bits per heavy atom. The minimum absolute atomic E-state index is 0.0272. The average Bonchev–Trinajstić information content (AvgIpc) is 1.99. The van der Waals surface area contributed by atoms with Crippen LogP contribution in [0, 0.1) is 0 Å². The third-order valence-electron chi connectivity index (χ3n) is 2.41. The average molecular weight is 230 g/mol. The van der Waals surface area contributed by atoms with Crippen LogP contribution in [0.3, 0.4) is 0 Å². The summed E-state index contributed by atoms with van der Waals surface area (Å²) in [6.07, 6.45) is -0.179. The number of nitrogens with one attached hydrogen (secondary N) is 1. The largest absolute Gasteiger partial charge is 0.444 e. The van der Waals surface area contributed by atoms with E-state index < -0.39 is 5.60 Å². The van der Waals surface area contributed by atoms with E-state index in [4.69, 9.17) is 4.74 Å². The van der Waals surface area contributed by atoms with Gasteiger partial charge in [-0.1, -0.05) is 0 Å². The molecule has 0 radical (unpaired) electrons. The summed E-state index contributed by atoms with van der Waals surface area (Å²) >= 11 is 0. The number of rotatable bonds is 0. The maximum Gasteiger partial charge on any atom is 0.410 e. The first-order chi connectivity index (χ1) is 6.72. The fourth-order valence-corrected chi connectivity index (χ4v) is 2.29. The molecule has 1 rings (SSSR count). The molecule has 1 amide bonds. The Morgan fingerprint density at radius 3 is 2.60 bits per heavy atom. The van der Waals surface area contributed by atoms with Crippen molar-refractivity contribution in [1.82, 2.24) is 10.2 Å². The van der Waals surface area contributed by atoms with E-state index in [0.717, 1.165) is 29.9 Å². The van der Waals surface area contributed by atoms with Crippen LogP contribution in [0.4, 0.5) is 4.79 Å². The molecule has 4 nitrogen and oxygen atoms in total. The van der Waals surface area contributed by atoms with Crippen molar-refractivity contribution in [2.75, 3.05) is 19.6 Å². The molecule has 5 heteroatoms. The van der Waals surface area contributed by atoms with E-state index in [1.54, 1.807) is 0 Å². The Balaban J connectivity index is 2.65. The van der Waals surface area contributed by atoms with Gasteiger partial charge in [-0.3, -0.25) is 0 Å². The monoisotopic (exact) mass is 230 g/mol. The summed E-state index contributed by atoms with van der Waals surface area (Å²) in [5.74, 6) is 0. The molecule has 1 aliphatic rings. The highest BCUT2D eigenvalue weighted by molar-refractivity contribution is 6.16. The number of carbonyl (C=O) groups is 1. The zero-order valence-corrected chi connectivity index (χ0v) is 12.4. The third kappa shape index (κ3) is 3.50. The molecule has 0 aromatic carbocycles. The van der Waals surface area contributed by atoms with Gasteiger partial charge in [0.05, 0.1) is 0 Å². The topological polar surface area (TPSA) is 41.6 Å². The van der Waals surface area contributed by atoms with Crippen LogP contribution >= 0.6 is 0 Å². The normalized spacial score (nSPS) is 27.9. The van der Waals surface area contributed by atoms with E-state index in [1.165, 1.54) is 0 Å². The summed E-state index contributed by atoms with van der Waals surface area (Å²) in [5.41, 5.74) is -0.403. The maximum atomic E-state index is 11.9. The predicted molar refractivity (Wildman–Crippen MR) is 64.2 cm³/mol. The number of piperazine rings is 1. The van der Waals surface area contributed by atoms with E-state index in [1.807, 2.05) is 25.7 Å². The third-order valence-corrected chi connectivity index (χ3v) is 3.31. The quantitative estimate of drug-likeness (QED) is 0.591. The lowest BCUT2D eigenvalue weighted by molar-refractivity contribution is 0.00834. The highest BCUT2D eigenvalue weighted by Crippen LogP contribution is 2.17. The van der Waals surface area contributed by atoms with Crippen molar-refractivity contribution in [2.24, 2.45) is 0 Å². The number of hydrogen-bond acceptors (Lipinski definition) is 3. The van der Waals surface area contributed by atoms with Crippen LogP contribution in [0.15, 0.2) is 0 Å². The Hall–Kier alpha value is -0.553. The molecule has 88 valence electrons. The van der Waals surface area contributed by atoms with Crippen molar-refractivity contribution in [3.8, 4) is 0 Å². The number of hydrogen-bond donors (Lipinski definition) is 1. The summed E-state index contributed by atoms with van der Waals surface area (Å²) in [6, 6.07) is 0. The second kappa shape index (κ2) is 4.13. The summed E-state index contributed by atoms with van der Waals surface area (Å²) in [4.78, 5) is 13.8. The molecule has 0 unspecified atom stereocenters. The molecule has 0 bridgehead atoms. The van der Waals surface area contributed by atoms with Crippen LogP contribution in [0.5, 0.6) is 0 Å². The Labute approximate surface area is 94.8 Å². The first-order valence-corrected chi connectivity index (χ1v) is 6.44. The number of nitrogens with zero attached hydrogens (tertiary/aromatic N) is 1. The van der Waals surface area contributed by atoms with Gasteiger partial charge in [0, 0.05) is 35.0 Å². The molecule has 0 spiro atoms. The Morgan fingerprint density at radius 2 is 2.13 bits per heavy atom. The number of amides is 1. The number of carbonyl (C=O) groups excluding carboxylic acids is 1. The van der Waals surface area contributed by atoms with Gasteiger partial charge in [-0.2, -0.15) is 0 Å². The molecule has 15 heavy (non-hydrogen) atoms. The van der Waals surface area contributed by atoms with Gasteiger partial charge < -0.3 is 15.0 Å². The summed E-state index contributed by atoms with van der Waals surface area (Å²) in [7, 11) is 0.945. The summed E-state index contributed by atoms with van der Waals surface area (Å²) < 4.78 is 5.39. The molecule has 0 saturated carbocycles. The van der Waals surface area contributed by atoms with Crippen LogP contribution < -0.4 is 5.32 Å². The van der Waals surface area contributed by atoms with Crippen LogP contribution in [0.1, 0.15) is 27.7 Å². The van der Waals surface area contributed by atoms with Crippen molar-refractivity contribution in [2.45, 2.75) is 38.5 Å². The highest BCUT2D eigenvalue weighted by atomic mass is 28.1. The second-order valence-electron chi connectivity index (χ2n) is 5.62. The molecular formula is C10H22N2O2Si. The fraction of sp³-hybridized carbons (Fsp3) is 0.900. The van der Waals surface area contributed by atoms with E-state index in [-0.39, 0.29) is 11.3 Å². The van der Waals surface area contributed by atoms with Gasteiger partial charge in [-0.25, -0.2) is 4.79 Å². The van der Waals surface area contributed by atoms with E-state index >= 15 is 0 Å². The van der Waals surface area contributed by atoms with Gasteiger partial charge in [-0.05, 0) is 27.7 Å². The van der Waals surface area contributed by atoms with Crippen LogP contribution in [0.2, 0.25) is 0 Å². The Bertz CT molecular complexity index is 248. The van der Waals surface area contributed by atoms with Crippen molar-refractivity contribution < 1.29 is 9.53 Å². The van der Waals surface area contributed by atoms with Gasteiger partial charge >= 0.3 is 6.09 Å². The molecular weight excluding hydrogens is 208 g/mol. The van der Waals surface area contributed by atoms with Gasteiger partial charge in [0.25, 0.3) is 0 Å². The van der Waals surface area contributed by atoms with Crippen LogP contribution in [0.25, 0.3) is 0 Å². The smallest absolute Gasteiger partial charge is 0.410 e. The van der Waals surface area contributed by atoms with Crippen molar-refractivity contribution in [3.63, 3.8) is 0 Å². The first-order valence-electron chi connectivity index (χ1n) is 5.44. The van der Waals surface area contributed by atoms with Crippen LogP contribution in [-0.4, -0.2) is 51.6 Å². The van der Waals surface area contributed by atoms with E-state index in [2.05, 4.69) is 12.2 Å². The SMILES string of the molecule is CC(C)(C)OC(=O)N1CCNC[C@]1(C)[SiH3]. The predicted octanol–water partition coefficient (Wildman–Crippen LogP) is -0.0917. The molecule has 1 saturated heterocycles. The molecule has 1 fully saturated rings. The first kappa shape index (κ1) is 12.5. The maximum absolute atomic E-state index is 11.9. The van der Waals surface area contributed by atoms with Gasteiger partial charge in [0.1, 0.15) is 5.60 Å². The molecule has 1 N–H and O–H groups in total. The van der Waals surface area contributed by atoms with Crippen molar-refractivity contribution in [1.29, 1.82) is 0 Å². The number of ether oxygens (including phenoxy) is 1. The fourth-order valence-electron chi connectivity index (χ4n) is 1.64. The van der Waals surface area contributed by atoms with Gasteiger partial charge in [-0.15, -0.1) is 0 Å². The molecule has 0 aromatic heterocycles. The lowest BCUT2D eigenvalue weighted by Crippen LogP contribution is -2.62.